The predicted octanol–water partition coefficient (Wildman–Crippen LogP) is 2.61. The Kier molecular flexibility index (Phi) is 4.98. The molecule has 0 saturated carbocycles. The van der Waals surface area contributed by atoms with E-state index in [4.69, 9.17) is 9.47 Å². The molecule has 0 radical (unpaired) electrons. The summed E-state index contributed by atoms with van der Waals surface area (Å²) in [6.45, 7) is 3.60. The summed E-state index contributed by atoms with van der Waals surface area (Å²) >= 11 is 0. The maximum atomic E-state index is 13.1. The Balaban J connectivity index is 1.09. The van der Waals surface area contributed by atoms with Gasteiger partial charge >= 0.3 is 0 Å². The topological polar surface area (TPSA) is 81.9 Å². The number of fused-ring (bicyclic) bond motifs is 2. The van der Waals surface area contributed by atoms with E-state index >= 15 is 0 Å². The van der Waals surface area contributed by atoms with Crippen LogP contribution < -0.4 is 20.3 Å². The first-order valence-electron chi connectivity index (χ1n) is 11.3. The Morgan fingerprint density at radius 1 is 0.938 bits per heavy atom. The minimum atomic E-state index is 0.0822. The van der Waals surface area contributed by atoms with Crippen molar-refractivity contribution in [2.75, 3.05) is 33.0 Å². The van der Waals surface area contributed by atoms with E-state index in [9.17, 15) is 4.79 Å². The van der Waals surface area contributed by atoms with Crippen LogP contribution in [-0.4, -0.2) is 59.8 Å². The molecule has 3 aromatic rings. The zero-order valence-corrected chi connectivity index (χ0v) is 17.8. The first-order valence-corrected chi connectivity index (χ1v) is 11.3. The van der Waals surface area contributed by atoms with Gasteiger partial charge in [0.05, 0.1) is 6.17 Å². The van der Waals surface area contributed by atoms with E-state index in [0.717, 1.165) is 61.4 Å². The van der Waals surface area contributed by atoms with Gasteiger partial charge in [-0.3, -0.25) is 9.69 Å². The minimum absolute atomic E-state index is 0.0822. The third-order valence-electron chi connectivity index (χ3n) is 6.70. The first kappa shape index (κ1) is 19.6. The van der Waals surface area contributed by atoms with Gasteiger partial charge < -0.3 is 19.4 Å². The van der Waals surface area contributed by atoms with Crippen LogP contribution in [0.15, 0.2) is 48.5 Å². The number of benzene rings is 2. The van der Waals surface area contributed by atoms with Crippen molar-refractivity contribution >= 4 is 16.8 Å². The predicted molar refractivity (Wildman–Crippen MR) is 120 cm³/mol. The van der Waals surface area contributed by atoms with E-state index in [2.05, 4.69) is 32.9 Å². The minimum Gasteiger partial charge on any atom is -0.454 e. The number of hydrogen-bond donors (Lipinski definition) is 3. The number of ether oxygens (including phenoxy) is 2. The number of carbonyl (C=O) groups excluding carboxylic acids is 1. The summed E-state index contributed by atoms with van der Waals surface area (Å²) < 4.78 is 11.0. The van der Waals surface area contributed by atoms with Gasteiger partial charge in [0.1, 0.15) is 5.69 Å². The molecule has 8 nitrogen and oxygen atoms in total. The molecular formula is C24H27N5O3. The molecule has 166 valence electrons. The molecule has 32 heavy (non-hydrogen) atoms. The van der Waals surface area contributed by atoms with Gasteiger partial charge in [-0.15, -0.1) is 0 Å². The van der Waals surface area contributed by atoms with Crippen LogP contribution in [-0.2, 0) is 0 Å². The number of hydrogen-bond acceptors (Lipinski definition) is 6. The van der Waals surface area contributed by atoms with Crippen molar-refractivity contribution in [2.45, 2.75) is 25.0 Å². The SMILES string of the molecule is O=C(c1cc2ccccc2[nH]1)N1CCCN(C2CC(c3ccc4c(c3)OCO4)NN2)CC1. The van der Waals surface area contributed by atoms with Crippen LogP contribution in [0.25, 0.3) is 10.9 Å². The third kappa shape index (κ3) is 3.60. The number of H-pyrrole nitrogens is 1. The highest BCUT2D eigenvalue weighted by atomic mass is 16.7. The van der Waals surface area contributed by atoms with Gasteiger partial charge in [0.15, 0.2) is 11.5 Å². The smallest absolute Gasteiger partial charge is 0.270 e. The van der Waals surface area contributed by atoms with Gasteiger partial charge in [-0.05, 0) is 42.7 Å². The van der Waals surface area contributed by atoms with Gasteiger partial charge in [-0.2, -0.15) is 0 Å². The van der Waals surface area contributed by atoms with E-state index in [1.54, 1.807) is 0 Å². The van der Waals surface area contributed by atoms with Gasteiger partial charge in [0, 0.05) is 43.1 Å². The third-order valence-corrected chi connectivity index (χ3v) is 6.70. The van der Waals surface area contributed by atoms with Gasteiger partial charge in [0.2, 0.25) is 6.79 Å². The molecule has 8 heteroatoms. The number of aromatic nitrogens is 1. The zero-order chi connectivity index (χ0) is 21.5. The summed E-state index contributed by atoms with van der Waals surface area (Å²) in [6, 6.07) is 16.3. The molecule has 1 amide bonds. The number of nitrogens with one attached hydrogen (secondary N) is 3. The monoisotopic (exact) mass is 433 g/mol. The van der Waals surface area contributed by atoms with E-state index in [1.165, 1.54) is 5.56 Å². The lowest BCUT2D eigenvalue weighted by Gasteiger charge is -2.27. The summed E-state index contributed by atoms with van der Waals surface area (Å²) in [5, 5.41) is 1.07. The number of hydrazine groups is 1. The van der Waals surface area contributed by atoms with E-state index in [1.807, 2.05) is 41.3 Å². The number of aromatic amines is 1. The fraction of sp³-hybridized carbons (Fsp3) is 0.375. The molecule has 0 aliphatic carbocycles. The molecule has 2 unspecified atom stereocenters. The van der Waals surface area contributed by atoms with Crippen molar-refractivity contribution in [3.63, 3.8) is 0 Å². The molecular weight excluding hydrogens is 406 g/mol. The van der Waals surface area contributed by atoms with Crippen LogP contribution in [0.1, 0.15) is 34.9 Å². The normalized spacial score (nSPS) is 23.6. The number of amides is 1. The zero-order valence-electron chi connectivity index (χ0n) is 17.8. The molecule has 2 aromatic carbocycles. The molecule has 0 spiro atoms. The highest BCUT2D eigenvalue weighted by molar-refractivity contribution is 5.98. The Morgan fingerprint density at radius 3 is 2.78 bits per heavy atom. The standard InChI is InChI=1S/C24H27N5O3/c30-24(20-12-16-4-1-2-5-18(16)25-20)29-9-3-8-28(10-11-29)23-14-19(26-27-23)17-6-7-21-22(13-17)32-15-31-21/h1-2,4-7,12-13,19,23,25-27H,3,8-11,14-15H2. The van der Waals surface area contributed by atoms with E-state index in [-0.39, 0.29) is 18.1 Å². The van der Waals surface area contributed by atoms with Crippen molar-refractivity contribution in [3.05, 3.63) is 59.8 Å². The number of para-hydroxylation sites is 1. The Labute approximate surface area is 186 Å². The van der Waals surface area contributed by atoms with Gasteiger partial charge in [-0.25, -0.2) is 10.9 Å². The van der Waals surface area contributed by atoms with Crippen molar-refractivity contribution in [1.82, 2.24) is 25.6 Å². The molecule has 3 aliphatic heterocycles. The van der Waals surface area contributed by atoms with Gasteiger partial charge in [-0.1, -0.05) is 24.3 Å². The largest absolute Gasteiger partial charge is 0.454 e. The number of carbonyl (C=O) groups is 1. The quantitative estimate of drug-likeness (QED) is 0.589. The Morgan fingerprint density at radius 2 is 1.84 bits per heavy atom. The maximum Gasteiger partial charge on any atom is 0.270 e. The van der Waals surface area contributed by atoms with E-state index < -0.39 is 0 Å². The summed E-state index contributed by atoms with van der Waals surface area (Å²) in [5.74, 6) is 1.70. The van der Waals surface area contributed by atoms with Crippen molar-refractivity contribution in [3.8, 4) is 11.5 Å². The summed E-state index contributed by atoms with van der Waals surface area (Å²) in [4.78, 5) is 20.8. The van der Waals surface area contributed by atoms with Crippen LogP contribution in [0.3, 0.4) is 0 Å². The number of rotatable bonds is 3. The molecule has 6 rings (SSSR count). The molecule has 4 heterocycles. The van der Waals surface area contributed by atoms with Crippen molar-refractivity contribution < 1.29 is 14.3 Å². The van der Waals surface area contributed by atoms with Crippen LogP contribution in [0.2, 0.25) is 0 Å². The second-order valence-corrected chi connectivity index (χ2v) is 8.66. The van der Waals surface area contributed by atoms with Gasteiger partial charge in [0.25, 0.3) is 5.91 Å². The molecule has 1 aromatic heterocycles. The number of nitrogens with zero attached hydrogens (tertiary/aromatic N) is 2. The molecule has 2 saturated heterocycles. The average molecular weight is 434 g/mol. The van der Waals surface area contributed by atoms with Crippen LogP contribution in [0.4, 0.5) is 0 Å². The van der Waals surface area contributed by atoms with Crippen LogP contribution >= 0.6 is 0 Å². The molecule has 2 atom stereocenters. The fourth-order valence-electron chi connectivity index (χ4n) is 4.94. The second kappa shape index (κ2) is 8.12. The lowest BCUT2D eigenvalue weighted by atomic mass is 10.0. The Hall–Kier alpha value is -3.07. The maximum absolute atomic E-state index is 13.1. The van der Waals surface area contributed by atoms with Crippen LogP contribution in [0, 0.1) is 0 Å². The van der Waals surface area contributed by atoms with Crippen molar-refractivity contribution in [2.24, 2.45) is 0 Å². The second-order valence-electron chi connectivity index (χ2n) is 8.66. The highest BCUT2D eigenvalue weighted by Gasteiger charge is 2.32. The summed E-state index contributed by atoms with van der Waals surface area (Å²) in [7, 11) is 0. The summed E-state index contributed by atoms with van der Waals surface area (Å²) in [5.41, 5.74) is 9.75. The molecule has 3 aliphatic rings. The molecule has 2 fully saturated rings. The Bertz CT molecular complexity index is 1110. The average Bonchev–Trinajstić information content (AvgIpc) is 3.54. The van der Waals surface area contributed by atoms with Crippen LogP contribution in [0.5, 0.6) is 11.5 Å². The first-order chi connectivity index (χ1) is 15.7. The molecule has 3 N–H and O–H groups in total. The fourth-order valence-corrected chi connectivity index (χ4v) is 4.94. The lowest BCUT2D eigenvalue weighted by Crippen LogP contribution is -2.46. The van der Waals surface area contributed by atoms with Crippen molar-refractivity contribution in [1.29, 1.82) is 0 Å². The molecule has 0 bridgehead atoms. The highest BCUT2D eigenvalue weighted by Crippen LogP contribution is 2.36. The van der Waals surface area contributed by atoms with E-state index in [0.29, 0.717) is 12.5 Å². The summed E-state index contributed by atoms with van der Waals surface area (Å²) in [6.07, 6.45) is 2.14. The lowest BCUT2D eigenvalue weighted by molar-refractivity contribution is 0.0751.